The van der Waals surface area contributed by atoms with Gasteiger partial charge in [-0.15, -0.1) is 0 Å². The summed E-state index contributed by atoms with van der Waals surface area (Å²) in [5.41, 5.74) is 2.00. The number of fused-ring (bicyclic) bond motifs is 1. The molecule has 4 N–H and O–H groups in total. The fraction of sp³-hybridized carbons (Fsp3) is 0.567. The third kappa shape index (κ3) is 9.06. The van der Waals surface area contributed by atoms with Crippen LogP contribution in [0.15, 0.2) is 18.3 Å². The van der Waals surface area contributed by atoms with Crippen LogP contribution in [0, 0.1) is 12.3 Å². The number of aromatic nitrogens is 2. The highest BCUT2D eigenvalue weighted by molar-refractivity contribution is 6.06. The molecular weight excluding hydrogens is 526 g/mol. The number of hydrogen-bond donors (Lipinski definition) is 4. The van der Waals surface area contributed by atoms with Crippen molar-refractivity contribution in [1.82, 2.24) is 20.6 Å². The zero-order chi connectivity index (χ0) is 30.4. The monoisotopic (exact) mass is 569 g/mol. The number of carbonyl (C=O) groups excluding carboxylic acids is 4. The summed E-state index contributed by atoms with van der Waals surface area (Å²) in [7, 11) is 0. The Balaban J connectivity index is 1.58. The van der Waals surface area contributed by atoms with Gasteiger partial charge >= 0.3 is 6.09 Å². The molecular formula is C30H43N5O6. The Morgan fingerprint density at radius 1 is 1.17 bits per heavy atom. The zero-order valence-corrected chi connectivity index (χ0v) is 25.2. The van der Waals surface area contributed by atoms with Crippen LogP contribution < -0.4 is 20.7 Å². The van der Waals surface area contributed by atoms with Gasteiger partial charge in [-0.2, -0.15) is 0 Å². The maximum atomic E-state index is 13.3. The number of ether oxygens (including phenoxy) is 2. The summed E-state index contributed by atoms with van der Waals surface area (Å²) in [5.74, 6) is -0.423. The van der Waals surface area contributed by atoms with Crippen LogP contribution in [0.25, 0.3) is 0 Å². The van der Waals surface area contributed by atoms with Gasteiger partial charge in [0.05, 0.1) is 18.4 Å². The van der Waals surface area contributed by atoms with Crippen molar-refractivity contribution in [3.05, 3.63) is 40.8 Å². The summed E-state index contributed by atoms with van der Waals surface area (Å²) in [4.78, 5) is 58.2. The third-order valence-corrected chi connectivity index (χ3v) is 6.62. The number of aromatic amines is 1. The maximum Gasteiger partial charge on any atom is 0.407 e. The minimum Gasteiger partial charge on any atom is -0.476 e. The van der Waals surface area contributed by atoms with Crippen LogP contribution in [-0.4, -0.2) is 58.5 Å². The fourth-order valence-electron chi connectivity index (χ4n) is 4.76. The number of rotatable bonds is 11. The number of H-pyrrole nitrogens is 1. The van der Waals surface area contributed by atoms with E-state index < -0.39 is 23.6 Å². The maximum absolute atomic E-state index is 13.3. The summed E-state index contributed by atoms with van der Waals surface area (Å²) in [6.45, 7) is 13.6. The van der Waals surface area contributed by atoms with Crippen LogP contribution >= 0.6 is 0 Å². The first-order chi connectivity index (χ1) is 19.2. The molecule has 1 atom stereocenters. The van der Waals surface area contributed by atoms with Gasteiger partial charge in [-0.05, 0) is 57.6 Å². The molecule has 0 saturated heterocycles. The topological polar surface area (TPSA) is 152 Å². The smallest absolute Gasteiger partial charge is 0.407 e. The van der Waals surface area contributed by atoms with Gasteiger partial charge in [0.1, 0.15) is 23.9 Å². The Bertz CT molecular complexity index is 1260. The third-order valence-electron chi connectivity index (χ3n) is 6.62. The average molecular weight is 570 g/mol. The molecule has 2 aromatic rings. The zero-order valence-electron chi connectivity index (χ0n) is 25.2. The van der Waals surface area contributed by atoms with Gasteiger partial charge in [-0.3, -0.25) is 14.4 Å². The number of alkyl carbamates (subject to hydrolysis) is 1. The molecule has 1 unspecified atom stereocenters. The van der Waals surface area contributed by atoms with Crippen molar-refractivity contribution in [3.63, 3.8) is 0 Å². The van der Waals surface area contributed by atoms with Crippen molar-refractivity contribution in [2.45, 2.75) is 92.2 Å². The molecule has 0 bridgehead atoms. The number of unbranched alkanes of at least 4 members (excludes halogenated alkanes) is 1. The fourth-order valence-corrected chi connectivity index (χ4v) is 4.76. The number of carbonyl (C=O) groups is 4. The van der Waals surface area contributed by atoms with E-state index in [9.17, 15) is 19.2 Å². The number of nitrogens with one attached hydrogen (secondary N) is 4. The molecule has 1 aliphatic carbocycles. The predicted octanol–water partition coefficient (Wildman–Crippen LogP) is 4.70. The Hall–Kier alpha value is -3.89. The van der Waals surface area contributed by atoms with Gasteiger partial charge in [0.2, 0.25) is 11.8 Å². The quantitative estimate of drug-likeness (QED) is 0.286. The molecule has 3 amide bonds. The highest BCUT2D eigenvalue weighted by Gasteiger charge is 2.35. The van der Waals surface area contributed by atoms with E-state index in [1.165, 1.54) is 6.20 Å². The summed E-state index contributed by atoms with van der Waals surface area (Å²) in [6.07, 6.45) is 4.10. The Morgan fingerprint density at radius 3 is 2.54 bits per heavy atom. The van der Waals surface area contributed by atoms with Crippen molar-refractivity contribution in [2.24, 2.45) is 5.41 Å². The highest BCUT2D eigenvalue weighted by Crippen LogP contribution is 2.36. The van der Waals surface area contributed by atoms with Gasteiger partial charge in [-0.25, -0.2) is 9.78 Å². The second kappa shape index (κ2) is 13.2. The number of amides is 3. The molecule has 224 valence electrons. The minimum atomic E-state index is -0.774. The molecule has 2 heterocycles. The first-order valence-electron chi connectivity index (χ1n) is 14.1. The minimum absolute atomic E-state index is 0.0311. The lowest BCUT2D eigenvalue weighted by Crippen LogP contribution is -2.44. The molecule has 0 aliphatic heterocycles. The molecule has 1 aliphatic rings. The lowest BCUT2D eigenvalue weighted by Gasteiger charge is -2.28. The Kier molecular flexibility index (Phi) is 10.2. The summed E-state index contributed by atoms with van der Waals surface area (Å²) < 4.78 is 10.7. The number of nitrogens with zero attached hydrogens (tertiary/aromatic N) is 1. The average Bonchev–Trinajstić information content (AvgIpc) is 3.19. The van der Waals surface area contributed by atoms with E-state index in [0.29, 0.717) is 47.7 Å². The molecule has 0 aromatic carbocycles. The largest absolute Gasteiger partial charge is 0.476 e. The molecule has 2 aromatic heterocycles. The number of pyridine rings is 1. The van der Waals surface area contributed by atoms with Crippen LogP contribution in [0.3, 0.4) is 0 Å². The molecule has 0 spiro atoms. The molecule has 11 heteroatoms. The van der Waals surface area contributed by atoms with Gasteiger partial charge in [-0.1, -0.05) is 33.6 Å². The van der Waals surface area contributed by atoms with Crippen LogP contribution in [0.4, 0.5) is 10.5 Å². The van der Waals surface area contributed by atoms with Gasteiger partial charge in [0.15, 0.2) is 5.78 Å². The van der Waals surface area contributed by atoms with E-state index in [1.807, 2.05) is 20.8 Å². The van der Waals surface area contributed by atoms with Crippen molar-refractivity contribution in [2.75, 3.05) is 18.5 Å². The first kappa shape index (κ1) is 31.6. The molecule has 0 saturated carbocycles. The Labute approximate surface area is 241 Å². The molecule has 0 radical (unpaired) electrons. The van der Waals surface area contributed by atoms with Crippen molar-refractivity contribution < 1.29 is 28.7 Å². The van der Waals surface area contributed by atoms with Crippen molar-refractivity contribution in [3.8, 4) is 5.88 Å². The normalized spacial score (nSPS) is 15.0. The number of ketones is 1. The van der Waals surface area contributed by atoms with Crippen molar-refractivity contribution >= 4 is 29.4 Å². The number of hydrogen-bond acceptors (Lipinski definition) is 7. The van der Waals surface area contributed by atoms with Gasteiger partial charge in [0.25, 0.3) is 5.91 Å². The Morgan fingerprint density at radius 2 is 1.90 bits per heavy atom. The van der Waals surface area contributed by atoms with Gasteiger partial charge < -0.3 is 30.4 Å². The highest BCUT2D eigenvalue weighted by atomic mass is 16.6. The van der Waals surface area contributed by atoms with Crippen LogP contribution in [-0.2, 0) is 16.0 Å². The summed E-state index contributed by atoms with van der Waals surface area (Å²) in [5, 5.41) is 8.27. The number of Topliss-reactive ketones (excluding diaryl/α,β-unsaturated/α-hetero) is 1. The van der Waals surface area contributed by atoms with E-state index in [2.05, 4.69) is 25.9 Å². The number of anilines is 1. The molecule has 0 fully saturated rings. The van der Waals surface area contributed by atoms with Crippen LogP contribution in [0.2, 0.25) is 0 Å². The molecule has 11 nitrogen and oxygen atoms in total. The predicted molar refractivity (Wildman–Crippen MR) is 155 cm³/mol. The summed E-state index contributed by atoms with van der Waals surface area (Å²) in [6, 6.07) is 2.48. The van der Waals surface area contributed by atoms with E-state index in [1.54, 1.807) is 39.8 Å². The van der Waals surface area contributed by atoms with Crippen LogP contribution in [0.5, 0.6) is 5.88 Å². The van der Waals surface area contributed by atoms with E-state index in [4.69, 9.17) is 9.47 Å². The lowest BCUT2D eigenvalue weighted by atomic mass is 9.75. The standard InChI is InChI=1S/C30H43N5O6/c1-8-9-10-20(35-27(38)25-18(2)24-21(34-25)15-30(6,7)16-22(24)36)26(37)33-19-11-12-23(32-17-19)40-14-13-31-28(39)41-29(3,4)5/h11-12,17,20,34H,8-10,13-16H2,1-7H3,(H,31,39)(H,33,37)(H,35,38). The SMILES string of the molecule is CCCCC(NC(=O)c1[nH]c2c(c1C)C(=O)CC(C)(C)C2)C(=O)Nc1ccc(OCCNC(=O)OC(C)(C)C)nc1. The molecule has 41 heavy (non-hydrogen) atoms. The molecule has 3 rings (SSSR count). The summed E-state index contributed by atoms with van der Waals surface area (Å²) >= 11 is 0. The lowest BCUT2D eigenvalue weighted by molar-refractivity contribution is -0.118. The van der Waals surface area contributed by atoms with E-state index in [-0.39, 0.29) is 30.3 Å². The van der Waals surface area contributed by atoms with Crippen molar-refractivity contribution in [1.29, 1.82) is 0 Å². The second-order valence-corrected chi connectivity index (χ2v) is 12.2. The van der Waals surface area contributed by atoms with E-state index in [0.717, 1.165) is 18.5 Å². The first-order valence-corrected chi connectivity index (χ1v) is 14.1. The second-order valence-electron chi connectivity index (χ2n) is 12.2. The van der Waals surface area contributed by atoms with E-state index >= 15 is 0 Å². The van der Waals surface area contributed by atoms with Crippen LogP contribution in [0.1, 0.15) is 99.3 Å². The van der Waals surface area contributed by atoms with Gasteiger partial charge in [0, 0.05) is 23.7 Å².